The van der Waals surface area contributed by atoms with E-state index in [4.69, 9.17) is 16.3 Å². The minimum absolute atomic E-state index is 0.399. The van der Waals surface area contributed by atoms with Crippen LogP contribution in [0.15, 0.2) is 53.5 Å². The standard InChI is InChI=1S/C20H20ClN3O4/c1-19(2,3)28-18(25)23-16-10-9-15(13-7-4-5-8-14(13)16)20(24(26)27)11-6-12-22-17(20)21/h4-12,17H,1-3H3,(H,23,25). The number of nitrogens with zero attached hydrogens (tertiary/aromatic N) is 2. The fourth-order valence-corrected chi connectivity index (χ4v) is 3.48. The van der Waals surface area contributed by atoms with Gasteiger partial charge in [0.1, 0.15) is 5.60 Å². The van der Waals surface area contributed by atoms with Gasteiger partial charge in [0, 0.05) is 28.2 Å². The molecule has 0 bridgehead atoms. The molecule has 8 heteroatoms. The normalized spacial score (nSPS) is 21.5. The Labute approximate surface area is 167 Å². The summed E-state index contributed by atoms with van der Waals surface area (Å²) in [6.45, 7) is 5.31. The number of aliphatic imine (C=N–C) groups is 1. The van der Waals surface area contributed by atoms with E-state index in [1.165, 1.54) is 18.4 Å². The number of amides is 1. The lowest BCUT2D eigenvalue weighted by Gasteiger charge is -2.28. The van der Waals surface area contributed by atoms with Crippen molar-refractivity contribution in [2.45, 2.75) is 37.4 Å². The summed E-state index contributed by atoms with van der Waals surface area (Å²) in [4.78, 5) is 27.8. The average molecular weight is 402 g/mol. The summed E-state index contributed by atoms with van der Waals surface area (Å²) in [5.74, 6) is 0. The van der Waals surface area contributed by atoms with Crippen molar-refractivity contribution in [2.24, 2.45) is 4.99 Å². The molecular weight excluding hydrogens is 382 g/mol. The molecule has 2 aromatic rings. The maximum absolute atomic E-state index is 12.2. The molecule has 0 saturated carbocycles. The first-order chi connectivity index (χ1) is 13.1. The Bertz CT molecular complexity index is 997. The maximum atomic E-state index is 12.2. The van der Waals surface area contributed by atoms with E-state index in [2.05, 4.69) is 10.3 Å². The Morgan fingerprint density at radius 1 is 1.25 bits per heavy atom. The van der Waals surface area contributed by atoms with E-state index in [0.29, 0.717) is 22.0 Å². The van der Waals surface area contributed by atoms with Crippen LogP contribution in [0.4, 0.5) is 10.5 Å². The maximum Gasteiger partial charge on any atom is 0.412 e. The van der Waals surface area contributed by atoms with Crippen molar-refractivity contribution in [3.8, 4) is 0 Å². The largest absolute Gasteiger partial charge is 0.444 e. The number of ether oxygens (including phenoxy) is 1. The first-order valence-corrected chi connectivity index (χ1v) is 9.10. The second-order valence-electron chi connectivity index (χ2n) is 7.41. The predicted octanol–water partition coefficient (Wildman–Crippen LogP) is 4.86. The molecule has 0 spiro atoms. The van der Waals surface area contributed by atoms with Crippen LogP contribution in [-0.2, 0) is 10.3 Å². The van der Waals surface area contributed by atoms with Crippen molar-refractivity contribution in [3.05, 3.63) is 64.2 Å². The van der Waals surface area contributed by atoms with Crippen LogP contribution in [0.1, 0.15) is 26.3 Å². The first-order valence-electron chi connectivity index (χ1n) is 8.67. The van der Waals surface area contributed by atoms with Crippen molar-refractivity contribution in [3.63, 3.8) is 0 Å². The van der Waals surface area contributed by atoms with Crippen LogP contribution in [0.25, 0.3) is 10.8 Å². The number of anilines is 1. The van der Waals surface area contributed by atoms with Gasteiger partial charge in [0.05, 0.1) is 5.69 Å². The zero-order chi connectivity index (χ0) is 20.5. The summed E-state index contributed by atoms with van der Waals surface area (Å²) >= 11 is 6.29. The molecule has 2 unspecified atom stereocenters. The second-order valence-corrected chi connectivity index (χ2v) is 7.82. The monoisotopic (exact) mass is 401 g/mol. The predicted molar refractivity (Wildman–Crippen MR) is 110 cm³/mol. The number of carbonyl (C=O) groups is 1. The highest BCUT2D eigenvalue weighted by molar-refractivity contribution is 6.22. The van der Waals surface area contributed by atoms with E-state index < -0.39 is 27.7 Å². The molecule has 7 nitrogen and oxygen atoms in total. The molecule has 1 aliphatic heterocycles. The number of halogens is 1. The van der Waals surface area contributed by atoms with Crippen LogP contribution in [0.3, 0.4) is 0 Å². The van der Waals surface area contributed by atoms with Crippen molar-refractivity contribution in [1.82, 2.24) is 0 Å². The molecule has 146 valence electrons. The van der Waals surface area contributed by atoms with Gasteiger partial charge in [-0.15, -0.1) is 0 Å². The number of allylic oxidation sites excluding steroid dienone is 1. The van der Waals surface area contributed by atoms with E-state index in [-0.39, 0.29) is 0 Å². The molecule has 0 aromatic heterocycles. The Morgan fingerprint density at radius 3 is 2.54 bits per heavy atom. The lowest BCUT2D eigenvalue weighted by Crippen LogP contribution is -2.42. The van der Waals surface area contributed by atoms with E-state index in [0.717, 1.165) is 0 Å². The molecule has 3 rings (SSSR count). The summed E-state index contributed by atoms with van der Waals surface area (Å²) in [6.07, 6.45) is 3.80. The number of fused-ring (bicyclic) bond motifs is 1. The quantitative estimate of drug-likeness (QED) is 0.344. The van der Waals surface area contributed by atoms with Gasteiger partial charge in [-0.1, -0.05) is 35.9 Å². The smallest absolute Gasteiger partial charge is 0.412 e. The van der Waals surface area contributed by atoms with Gasteiger partial charge < -0.3 is 4.74 Å². The molecule has 1 N–H and O–H groups in total. The number of alkyl halides is 1. The highest BCUT2D eigenvalue weighted by atomic mass is 35.5. The van der Waals surface area contributed by atoms with Gasteiger partial charge in [-0.2, -0.15) is 0 Å². The molecule has 1 aliphatic rings. The Hall–Kier alpha value is -2.93. The summed E-state index contributed by atoms with van der Waals surface area (Å²) in [5, 5.41) is 16.0. The second kappa shape index (κ2) is 7.24. The topological polar surface area (TPSA) is 93.8 Å². The minimum Gasteiger partial charge on any atom is -0.444 e. The van der Waals surface area contributed by atoms with Crippen molar-refractivity contribution >= 4 is 40.4 Å². The molecule has 2 atom stereocenters. The molecule has 0 saturated heterocycles. The van der Waals surface area contributed by atoms with Crippen molar-refractivity contribution in [2.75, 3.05) is 5.32 Å². The van der Waals surface area contributed by atoms with Gasteiger partial charge in [0.15, 0.2) is 0 Å². The summed E-state index contributed by atoms with van der Waals surface area (Å²) in [6, 6.07) is 10.3. The molecule has 1 amide bonds. The number of carbonyl (C=O) groups excluding carboxylic acids is 1. The van der Waals surface area contributed by atoms with Crippen LogP contribution < -0.4 is 5.32 Å². The number of rotatable bonds is 3. The van der Waals surface area contributed by atoms with Gasteiger partial charge in [-0.05, 0) is 44.4 Å². The van der Waals surface area contributed by atoms with E-state index >= 15 is 0 Å². The first kappa shape index (κ1) is 19.8. The fraction of sp³-hybridized carbons (Fsp3) is 0.300. The highest BCUT2D eigenvalue weighted by Gasteiger charge is 2.51. The van der Waals surface area contributed by atoms with Gasteiger partial charge in [0.2, 0.25) is 5.50 Å². The summed E-state index contributed by atoms with van der Waals surface area (Å²) < 4.78 is 5.30. The van der Waals surface area contributed by atoms with Crippen LogP contribution in [0.5, 0.6) is 0 Å². The summed E-state index contributed by atoms with van der Waals surface area (Å²) in [7, 11) is 0. The van der Waals surface area contributed by atoms with Crippen LogP contribution in [0.2, 0.25) is 0 Å². The molecule has 1 heterocycles. The highest BCUT2D eigenvalue weighted by Crippen LogP contribution is 2.41. The van der Waals surface area contributed by atoms with Crippen LogP contribution >= 0.6 is 11.6 Å². The molecule has 0 aliphatic carbocycles. The Kier molecular flexibility index (Phi) is 5.12. The Morgan fingerprint density at radius 2 is 1.93 bits per heavy atom. The minimum atomic E-state index is -1.71. The third-order valence-corrected chi connectivity index (χ3v) is 4.76. The van der Waals surface area contributed by atoms with Gasteiger partial charge in [-0.3, -0.25) is 20.4 Å². The molecule has 0 radical (unpaired) electrons. The number of benzene rings is 2. The van der Waals surface area contributed by atoms with Gasteiger partial charge in [0.25, 0.3) is 0 Å². The lowest BCUT2D eigenvalue weighted by atomic mass is 9.84. The number of nitro groups is 1. The van der Waals surface area contributed by atoms with E-state index in [9.17, 15) is 14.9 Å². The van der Waals surface area contributed by atoms with Gasteiger partial charge in [-0.25, -0.2) is 4.79 Å². The number of hydrogen-bond acceptors (Lipinski definition) is 5. The zero-order valence-electron chi connectivity index (χ0n) is 15.7. The summed E-state index contributed by atoms with van der Waals surface area (Å²) in [5.41, 5.74) is -2.56. The molecule has 28 heavy (non-hydrogen) atoms. The van der Waals surface area contributed by atoms with Crippen LogP contribution in [0, 0.1) is 10.1 Å². The molecule has 0 fully saturated rings. The third-order valence-electron chi connectivity index (χ3n) is 4.31. The molecule has 2 aromatic carbocycles. The Balaban J connectivity index is 2.13. The number of nitrogens with one attached hydrogen (secondary N) is 1. The van der Waals surface area contributed by atoms with Gasteiger partial charge >= 0.3 is 11.6 Å². The third kappa shape index (κ3) is 3.57. The SMILES string of the molecule is CC(C)(C)OC(=O)Nc1ccc(C2([N+](=O)[O-])C=CC=NC2Cl)c2ccccc12. The molecular formula is C20H20ClN3O4. The van der Waals surface area contributed by atoms with Crippen molar-refractivity contribution in [1.29, 1.82) is 0 Å². The van der Waals surface area contributed by atoms with Crippen molar-refractivity contribution < 1.29 is 14.5 Å². The van der Waals surface area contributed by atoms with E-state index in [1.807, 2.05) is 0 Å². The van der Waals surface area contributed by atoms with Crippen LogP contribution in [-0.4, -0.2) is 28.3 Å². The fourth-order valence-electron chi connectivity index (χ4n) is 3.14. The zero-order valence-corrected chi connectivity index (χ0v) is 16.4. The lowest BCUT2D eigenvalue weighted by molar-refractivity contribution is -0.563. The number of dihydropyridines is 1. The number of hydrogen-bond donors (Lipinski definition) is 1. The van der Waals surface area contributed by atoms with E-state index in [1.54, 1.807) is 57.2 Å². The average Bonchev–Trinajstić information content (AvgIpc) is 2.61.